The molecule has 0 unspecified atom stereocenters. The number of likely N-dealkylation sites (N-methyl/N-ethyl adjacent to an activating group) is 1. The van der Waals surface area contributed by atoms with Crippen LogP contribution in [-0.2, 0) is 11.2 Å². The largest absolute Gasteiger partial charge is 0.378 e. The molecule has 1 atom stereocenters. The topological polar surface area (TPSA) is 41.1 Å². The zero-order valence-electron chi connectivity index (χ0n) is 20.7. The van der Waals surface area contributed by atoms with Crippen molar-refractivity contribution in [1.29, 1.82) is 0 Å². The highest BCUT2D eigenvalue weighted by atomic mass is 16.5. The third kappa shape index (κ3) is 5.57. The number of benzene rings is 2. The first kappa shape index (κ1) is 23.8. The quantitative estimate of drug-likeness (QED) is 0.360. The summed E-state index contributed by atoms with van der Waals surface area (Å²) in [7, 11) is 4.17. The summed E-state index contributed by atoms with van der Waals surface area (Å²) in [5.41, 5.74) is 8.19. The molecule has 4 nitrogen and oxygen atoms in total. The smallest absolute Gasteiger partial charge is 0.138 e. The Hall–Kier alpha value is -3.37. The summed E-state index contributed by atoms with van der Waals surface area (Å²) < 4.78 is 5.38. The minimum absolute atomic E-state index is 0.270. The third-order valence-corrected chi connectivity index (χ3v) is 6.25. The lowest BCUT2D eigenvalue weighted by Gasteiger charge is -2.21. The monoisotopic (exact) mass is 453 g/mol. The van der Waals surface area contributed by atoms with Crippen molar-refractivity contribution in [2.45, 2.75) is 32.6 Å². The summed E-state index contributed by atoms with van der Waals surface area (Å²) in [6, 6.07) is 17.3. The van der Waals surface area contributed by atoms with E-state index in [0.29, 0.717) is 6.61 Å². The molecule has 1 heterocycles. The Morgan fingerprint density at radius 3 is 2.38 bits per heavy atom. The Morgan fingerprint density at radius 2 is 1.76 bits per heavy atom. The maximum absolute atomic E-state index is 5.38. The lowest BCUT2D eigenvalue weighted by molar-refractivity contribution is 0.178. The van der Waals surface area contributed by atoms with Crippen molar-refractivity contribution in [2.24, 2.45) is 0 Å². The van der Waals surface area contributed by atoms with E-state index in [9.17, 15) is 0 Å². The SMILES string of the molecule is CCOC/C=C/c1ccc(-c2nc(-c3ccc(CC)cc3)c([C@H]3C=CC(N(C)C)=CC3)[nH]2)cc1. The molecule has 0 saturated carbocycles. The van der Waals surface area contributed by atoms with Crippen LogP contribution in [0.4, 0.5) is 0 Å². The molecule has 0 amide bonds. The van der Waals surface area contributed by atoms with Crippen molar-refractivity contribution in [3.05, 3.63) is 95.4 Å². The van der Waals surface area contributed by atoms with E-state index < -0.39 is 0 Å². The highest BCUT2D eigenvalue weighted by molar-refractivity contribution is 5.69. The molecule has 3 aromatic rings. The van der Waals surface area contributed by atoms with Gasteiger partial charge in [0.1, 0.15) is 5.82 Å². The molecule has 1 aromatic heterocycles. The van der Waals surface area contributed by atoms with Crippen LogP contribution >= 0.6 is 0 Å². The average Bonchev–Trinajstić information content (AvgIpc) is 3.32. The minimum atomic E-state index is 0.270. The summed E-state index contributed by atoms with van der Waals surface area (Å²) >= 11 is 0. The van der Waals surface area contributed by atoms with Gasteiger partial charge in [-0.25, -0.2) is 4.98 Å². The van der Waals surface area contributed by atoms with Crippen LogP contribution in [0.3, 0.4) is 0 Å². The van der Waals surface area contributed by atoms with Gasteiger partial charge in [-0.2, -0.15) is 0 Å². The van der Waals surface area contributed by atoms with Crippen LogP contribution in [0, 0.1) is 0 Å². The van der Waals surface area contributed by atoms with Gasteiger partial charge < -0.3 is 14.6 Å². The molecule has 4 rings (SSSR count). The Labute approximate surface area is 203 Å². The summed E-state index contributed by atoms with van der Waals surface area (Å²) in [5.74, 6) is 1.18. The molecule has 176 valence electrons. The first-order valence-corrected chi connectivity index (χ1v) is 12.2. The van der Waals surface area contributed by atoms with Gasteiger partial charge in [0.05, 0.1) is 18.0 Å². The van der Waals surface area contributed by atoms with Gasteiger partial charge in [0.2, 0.25) is 0 Å². The molecule has 0 spiro atoms. The van der Waals surface area contributed by atoms with Gasteiger partial charge in [-0.3, -0.25) is 0 Å². The van der Waals surface area contributed by atoms with E-state index in [-0.39, 0.29) is 5.92 Å². The Kier molecular flexibility index (Phi) is 7.81. The molecule has 1 aliphatic rings. The van der Waals surface area contributed by atoms with Crippen LogP contribution < -0.4 is 0 Å². The molecule has 1 N–H and O–H groups in total. The van der Waals surface area contributed by atoms with Gasteiger partial charge in [0.15, 0.2) is 0 Å². The molecule has 1 aliphatic carbocycles. The van der Waals surface area contributed by atoms with Crippen molar-refractivity contribution in [2.75, 3.05) is 27.3 Å². The maximum atomic E-state index is 5.38. The van der Waals surface area contributed by atoms with Crippen molar-refractivity contribution < 1.29 is 4.74 Å². The fourth-order valence-corrected chi connectivity index (χ4v) is 4.19. The number of aromatic amines is 1. The van der Waals surface area contributed by atoms with Gasteiger partial charge in [-0.05, 0) is 37.0 Å². The van der Waals surface area contributed by atoms with Crippen LogP contribution in [0.2, 0.25) is 0 Å². The fraction of sp³-hybridized carbons (Fsp3) is 0.300. The molecule has 0 bridgehead atoms. The molecule has 34 heavy (non-hydrogen) atoms. The van der Waals surface area contributed by atoms with E-state index in [1.54, 1.807) is 0 Å². The Bertz CT molecular complexity index is 1160. The van der Waals surface area contributed by atoms with E-state index in [1.165, 1.54) is 17.0 Å². The highest BCUT2D eigenvalue weighted by Gasteiger charge is 2.21. The minimum Gasteiger partial charge on any atom is -0.378 e. The second-order valence-corrected chi connectivity index (χ2v) is 8.81. The van der Waals surface area contributed by atoms with Crippen LogP contribution in [0.1, 0.15) is 43.0 Å². The molecule has 0 aliphatic heterocycles. The number of hydrogen-bond acceptors (Lipinski definition) is 3. The van der Waals surface area contributed by atoms with Gasteiger partial charge in [-0.15, -0.1) is 0 Å². The molecule has 0 fully saturated rings. The first-order chi connectivity index (χ1) is 16.6. The van der Waals surface area contributed by atoms with Crippen LogP contribution in [-0.4, -0.2) is 42.2 Å². The number of nitrogens with zero attached hydrogens (tertiary/aromatic N) is 2. The zero-order valence-corrected chi connectivity index (χ0v) is 20.7. The molecule has 4 heteroatoms. The number of allylic oxidation sites excluding steroid dienone is 3. The third-order valence-electron chi connectivity index (χ3n) is 6.25. The van der Waals surface area contributed by atoms with Gasteiger partial charge in [-0.1, -0.05) is 79.8 Å². The van der Waals surface area contributed by atoms with Crippen molar-refractivity contribution >= 4 is 6.08 Å². The van der Waals surface area contributed by atoms with Gasteiger partial charge in [0.25, 0.3) is 0 Å². The lowest BCUT2D eigenvalue weighted by atomic mass is 9.92. The molecular formula is C30H35N3O. The van der Waals surface area contributed by atoms with Crippen LogP contribution in [0.5, 0.6) is 0 Å². The first-order valence-electron chi connectivity index (χ1n) is 12.2. The Morgan fingerprint density at radius 1 is 1.03 bits per heavy atom. The van der Waals surface area contributed by atoms with Gasteiger partial charge in [0, 0.05) is 43.4 Å². The standard InChI is InChI=1S/C30H35N3O/c1-5-22-9-13-24(14-10-22)28-29(25-17-19-27(20-18-25)33(3)4)32-30(31-28)26-15-11-23(12-16-26)8-7-21-34-6-2/h7-17,19-20,25H,5-6,18,21H2,1-4H3,(H,31,32)/b8-7+/t25-/m0/s1. The zero-order chi connectivity index (χ0) is 23.9. The summed E-state index contributed by atoms with van der Waals surface area (Å²) in [6.45, 7) is 5.56. The fourth-order valence-electron chi connectivity index (χ4n) is 4.19. The molecular weight excluding hydrogens is 418 g/mol. The number of imidazole rings is 1. The number of aromatic nitrogens is 2. The van der Waals surface area contributed by atoms with E-state index in [1.807, 2.05) is 13.0 Å². The van der Waals surface area contributed by atoms with Crippen molar-refractivity contribution in [1.82, 2.24) is 14.9 Å². The second kappa shape index (κ2) is 11.2. The number of H-pyrrole nitrogens is 1. The van der Waals surface area contributed by atoms with E-state index in [2.05, 4.69) is 104 Å². The summed E-state index contributed by atoms with van der Waals surface area (Å²) in [5, 5.41) is 0. The average molecular weight is 454 g/mol. The lowest BCUT2D eigenvalue weighted by Crippen LogP contribution is -2.12. The number of rotatable bonds is 9. The summed E-state index contributed by atoms with van der Waals surface area (Å²) in [4.78, 5) is 10.9. The van der Waals surface area contributed by atoms with Crippen LogP contribution in [0.15, 0.2) is 78.5 Å². The Balaban J connectivity index is 1.65. The maximum Gasteiger partial charge on any atom is 0.138 e. The molecule has 2 aromatic carbocycles. The number of ether oxygens (including phenoxy) is 1. The predicted octanol–water partition coefficient (Wildman–Crippen LogP) is 6.84. The highest BCUT2D eigenvalue weighted by Crippen LogP contribution is 2.35. The number of hydrogen-bond donors (Lipinski definition) is 1. The van der Waals surface area contributed by atoms with E-state index in [4.69, 9.17) is 9.72 Å². The number of aryl methyl sites for hydroxylation is 1. The molecule has 0 saturated heterocycles. The van der Waals surface area contributed by atoms with Crippen molar-refractivity contribution in [3.8, 4) is 22.6 Å². The van der Waals surface area contributed by atoms with Crippen molar-refractivity contribution in [3.63, 3.8) is 0 Å². The molecule has 0 radical (unpaired) electrons. The van der Waals surface area contributed by atoms with E-state index in [0.717, 1.165) is 47.7 Å². The predicted molar refractivity (Wildman–Crippen MR) is 143 cm³/mol. The normalized spacial score (nSPS) is 15.6. The number of nitrogens with one attached hydrogen (secondary N) is 1. The van der Waals surface area contributed by atoms with Crippen LogP contribution in [0.25, 0.3) is 28.7 Å². The van der Waals surface area contributed by atoms with Gasteiger partial charge >= 0.3 is 0 Å². The summed E-state index contributed by atoms with van der Waals surface area (Å²) in [6.07, 6.45) is 12.9. The second-order valence-electron chi connectivity index (χ2n) is 8.81. The van der Waals surface area contributed by atoms with E-state index >= 15 is 0 Å².